The molecule has 0 amide bonds. The average Bonchev–Trinajstić information content (AvgIpc) is 2.37. The van der Waals surface area contributed by atoms with Crippen LogP contribution in [-0.2, 0) is 9.53 Å². The summed E-state index contributed by atoms with van der Waals surface area (Å²) in [5.41, 5.74) is 0.369. The highest BCUT2D eigenvalue weighted by atomic mass is 16.7. The maximum atomic E-state index is 11.9. The Bertz CT molecular complexity index is 410. The number of methoxy groups -OCH3 is 1. The van der Waals surface area contributed by atoms with Crippen molar-refractivity contribution < 1.29 is 24.2 Å². The fourth-order valence-corrected chi connectivity index (χ4v) is 1.52. The number of carbonyl (C=O) groups is 2. The van der Waals surface area contributed by atoms with Gasteiger partial charge in [-0.25, -0.2) is 0 Å². The van der Waals surface area contributed by atoms with Crippen molar-refractivity contribution >= 4 is 11.8 Å². The van der Waals surface area contributed by atoms with E-state index in [-0.39, 0.29) is 19.0 Å². The summed E-state index contributed by atoms with van der Waals surface area (Å²) in [6, 6.07) is 6.33. The van der Waals surface area contributed by atoms with Crippen molar-refractivity contribution in [3.05, 3.63) is 29.8 Å². The lowest BCUT2D eigenvalue weighted by Crippen LogP contribution is -2.23. The lowest BCUT2D eigenvalue weighted by atomic mass is 9.95. The lowest BCUT2D eigenvalue weighted by molar-refractivity contribution is -0.140. The second-order valence-electron chi connectivity index (χ2n) is 3.74. The van der Waals surface area contributed by atoms with Crippen LogP contribution >= 0.6 is 0 Å². The average molecular weight is 252 g/mol. The lowest BCUT2D eigenvalue weighted by Gasteiger charge is -2.09. The monoisotopic (exact) mass is 252 g/mol. The van der Waals surface area contributed by atoms with Crippen LogP contribution in [0, 0.1) is 5.92 Å². The van der Waals surface area contributed by atoms with Crippen molar-refractivity contribution in [3.63, 3.8) is 0 Å². The molecule has 0 radical (unpaired) electrons. The summed E-state index contributed by atoms with van der Waals surface area (Å²) >= 11 is 0. The van der Waals surface area contributed by atoms with Crippen molar-refractivity contribution in [1.82, 2.24) is 0 Å². The van der Waals surface area contributed by atoms with Crippen molar-refractivity contribution in [2.75, 3.05) is 13.9 Å². The van der Waals surface area contributed by atoms with Crippen molar-refractivity contribution in [2.24, 2.45) is 5.92 Å². The molecule has 5 heteroatoms. The van der Waals surface area contributed by atoms with Gasteiger partial charge in [0.1, 0.15) is 11.7 Å². The molecule has 1 aromatic carbocycles. The van der Waals surface area contributed by atoms with E-state index in [0.717, 1.165) is 0 Å². The molecule has 0 aliphatic heterocycles. The summed E-state index contributed by atoms with van der Waals surface area (Å²) in [4.78, 5) is 22.8. The van der Waals surface area contributed by atoms with Crippen molar-refractivity contribution in [3.8, 4) is 5.75 Å². The number of carbonyl (C=O) groups excluding carboxylic acids is 1. The van der Waals surface area contributed by atoms with Gasteiger partial charge >= 0.3 is 5.97 Å². The molecule has 1 atom stereocenters. The van der Waals surface area contributed by atoms with E-state index in [1.165, 1.54) is 7.11 Å². The van der Waals surface area contributed by atoms with Gasteiger partial charge in [0.05, 0.1) is 0 Å². The molecule has 1 unspecified atom stereocenters. The first kappa shape index (κ1) is 14.2. The molecule has 18 heavy (non-hydrogen) atoms. The predicted molar refractivity (Wildman–Crippen MR) is 64.7 cm³/mol. The second-order valence-corrected chi connectivity index (χ2v) is 3.74. The van der Waals surface area contributed by atoms with Crippen LogP contribution in [0.15, 0.2) is 24.3 Å². The molecule has 0 aromatic heterocycles. The molecule has 0 fully saturated rings. The number of carboxylic acid groups (broad SMARTS) is 1. The van der Waals surface area contributed by atoms with Crippen LogP contribution in [0.2, 0.25) is 0 Å². The predicted octanol–water partition coefficient (Wildman–Crippen LogP) is 1.96. The third kappa shape index (κ3) is 3.56. The highest BCUT2D eigenvalue weighted by Crippen LogP contribution is 2.17. The molecule has 0 saturated carbocycles. The Morgan fingerprint density at radius 2 is 1.89 bits per heavy atom. The topological polar surface area (TPSA) is 72.8 Å². The molecule has 1 aromatic rings. The Balaban J connectivity index is 2.78. The zero-order chi connectivity index (χ0) is 13.5. The third-order valence-corrected chi connectivity index (χ3v) is 2.51. The van der Waals surface area contributed by atoms with E-state index in [2.05, 4.69) is 0 Å². The van der Waals surface area contributed by atoms with E-state index in [9.17, 15) is 9.59 Å². The molecule has 1 rings (SSSR count). The van der Waals surface area contributed by atoms with Gasteiger partial charge in [-0.05, 0) is 30.7 Å². The van der Waals surface area contributed by atoms with Crippen LogP contribution in [0.25, 0.3) is 0 Å². The molecule has 0 spiro atoms. The number of hydrogen-bond donors (Lipinski definition) is 1. The van der Waals surface area contributed by atoms with E-state index in [1.807, 2.05) is 0 Å². The van der Waals surface area contributed by atoms with Gasteiger partial charge < -0.3 is 14.6 Å². The van der Waals surface area contributed by atoms with Crippen LogP contribution < -0.4 is 4.74 Å². The van der Waals surface area contributed by atoms with Gasteiger partial charge in [0.25, 0.3) is 0 Å². The largest absolute Gasteiger partial charge is 0.481 e. The number of hydrogen-bond acceptors (Lipinski definition) is 4. The molecule has 1 N–H and O–H groups in total. The van der Waals surface area contributed by atoms with E-state index in [1.54, 1.807) is 31.2 Å². The quantitative estimate of drug-likeness (QED) is 0.456. The van der Waals surface area contributed by atoms with E-state index >= 15 is 0 Å². The zero-order valence-electron chi connectivity index (χ0n) is 10.4. The smallest absolute Gasteiger partial charge is 0.314 e. The normalized spacial score (nSPS) is 11.9. The molecule has 0 heterocycles. The van der Waals surface area contributed by atoms with Gasteiger partial charge in [-0.2, -0.15) is 0 Å². The Kier molecular flexibility index (Phi) is 5.32. The maximum absolute atomic E-state index is 11.9. The minimum atomic E-state index is -1.10. The Hall–Kier alpha value is -1.88. The minimum Gasteiger partial charge on any atom is -0.481 e. The summed E-state index contributed by atoms with van der Waals surface area (Å²) in [6.07, 6.45) is 0.274. The number of rotatable bonds is 7. The Morgan fingerprint density at radius 3 is 2.33 bits per heavy atom. The second kappa shape index (κ2) is 6.76. The van der Waals surface area contributed by atoms with Crippen LogP contribution in [0.5, 0.6) is 5.75 Å². The SMILES string of the molecule is CCC(C(=O)O)C(=O)c1ccc(OCOC)cc1. The first-order chi connectivity index (χ1) is 8.60. The zero-order valence-corrected chi connectivity index (χ0v) is 10.4. The summed E-state index contributed by atoms with van der Waals surface area (Å²) in [7, 11) is 1.51. The molecule has 98 valence electrons. The van der Waals surface area contributed by atoms with E-state index in [4.69, 9.17) is 14.6 Å². The summed E-state index contributed by atoms with van der Waals surface area (Å²) in [5.74, 6) is -1.90. The van der Waals surface area contributed by atoms with Crippen LogP contribution in [0.4, 0.5) is 0 Å². The summed E-state index contributed by atoms with van der Waals surface area (Å²) < 4.78 is 9.92. The Morgan fingerprint density at radius 1 is 1.28 bits per heavy atom. The Labute approximate surface area is 105 Å². The number of aliphatic carboxylic acids is 1. The molecule has 0 saturated heterocycles. The van der Waals surface area contributed by atoms with Crippen molar-refractivity contribution in [2.45, 2.75) is 13.3 Å². The molecule has 0 aliphatic rings. The van der Waals surface area contributed by atoms with Crippen LogP contribution in [-0.4, -0.2) is 30.8 Å². The molecular formula is C13H16O5. The van der Waals surface area contributed by atoms with Gasteiger partial charge in [-0.3, -0.25) is 9.59 Å². The van der Waals surface area contributed by atoms with Gasteiger partial charge in [-0.1, -0.05) is 6.92 Å². The number of carboxylic acids is 1. The van der Waals surface area contributed by atoms with Gasteiger partial charge in [0.15, 0.2) is 12.6 Å². The first-order valence-corrected chi connectivity index (χ1v) is 5.59. The van der Waals surface area contributed by atoms with Gasteiger partial charge in [0, 0.05) is 12.7 Å². The minimum absolute atomic E-state index is 0.125. The van der Waals surface area contributed by atoms with Gasteiger partial charge in [0.2, 0.25) is 0 Å². The molecular weight excluding hydrogens is 236 g/mol. The summed E-state index contributed by atoms with van der Waals surface area (Å²) in [6.45, 7) is 1.80. The fourth-order valence-electron chi connectivity index (χ4n) is 1.52. The number of Topliss-reactive ketones (excluding diaryl/α,β-unsaturated/α-hetero) is 1. The van der Waals surface area contributed by atoms with Crippen LogP contribution in [0.1, 0.15) is 23.7 Å². The molecule has 0 aliphatic carbocycles. The maximum Gasteiger partial charge on any atom is 0.314 e. The first-order valence-electron chi connectivity index (χ1n) is 5.59. The van der Waals surface area contributed by atoms with E-state index < -0.39 is 11.9 Å². The highest BCUT2D eigenvalue weighted by molar-refractivity contribution is 6.08. The highest BCUT2D eigenvalue weighted by Gasteiger charge is 2.25. The fraction of sp³-hybridized carbons (Fsp3) is 0.385. The number of ketones is 1. The third-order valence-electron chi connectivity index (χ3n) is 2.51. The summed E-state index contributed by atoms with van der Waals surface area (Å²) in [5, 5.41) is 8.91. The number of ether oxygens (including phenoxy) is 2. The van der Waals surface area contributed by atoms with Crippen molar-refractivity contribution in [1.29, 1.82) is 0 Å². The van der Waals surface area contributed by atoms with E-state index in [0.29, 0.717) is 11.3 Å². The molecule has 0 bridgehead atoms. The van der Waals surface area contributed by atoms with Gasteiger partial charge in [-0.15, -0.1) is 0 Å². The number of benzene rings is 1. The standard InChI is InChI=1S/C13H16O5/c1-3-11(13(15)16)12(14)9-4-6-10(7-5-9)18-8-17-2/h4-7,11H,3,8H2,1-2H3,(H,15,16). The van der Waals surface area contributed by atoms with Crippen LogP contribution in [0.3, 0.4) is 0 Å². The molecule has 5 nitrogen and oxygen atoms in total.